The van der Waals surface area contributed by atoms with Gasteiger partial charge in [-0.05, 0) is 24.6 Å². The molecule has 0 fully saturated rings. The molecule has 92 valence electrons. The zero-order chi connectivity index (χ0) is 12.8. The van der Waals surface area contributed by atoms with Crippen molar-refractivity contribution in [3.05, 3.63) is 29.8 Å². The SMILES string of the molecule is CC(=O)Cc1ccc(OCC(=O)N(C)C)cc1. The summed E-state index contributed by atoms with van der Waals surface area (Å²) in [5.74, 6) is 0.673. The van der Waals surface area contributed by atoms with Crippen LogP contribution in [0.2, 0.25) is 0 Å². The first kappa shape index (κ1) is 13.2. The topological polar surface area (TPSA) is 46.6 Å². The first-order valence-electron chi connectivity index (χ1n) is 5.40. The van der Waals surface area contributed by atoms with Crippen LogP contribution in [0.5, 0.6) is 5.75 Å². The summed E-state index contributed by atoms with van der Waals surface area (Å²) < 4.78 is 5.31. The van der Waals surface area contributed by atoms with Crippen molar-refractivity contribution >= 4 is 11.7 Å². The Morgan fingerprint density at radius 2 is 1.76 bits per heavy atom. The Hall–Kier alpha value is -1.84. The smallest absolute Gasteiger partial charge is 0.259 e. The molecule has 4 heteroatoms. The average molecular weight is 235 g/mol. The molecule has 1 amide bonds. The quantitative estimate of drug-likeness (QED) is 0.772. The summed E-state index contributed by atoms with van der Waals surface area (Å²) in [5, 5.41) is 0. The number of hydrogen-bond donors (Lipinski definition) is 0. The number of carbonyl (C=O) groups is 2. The van der Waals surface area contributed by atoms with Crippen LogP contribution in [0.4, 0.5) is 0 Å². The second kappa shape index (κ2) is 6.03. The molecule has 0 saturated heterocycles. The fourth-order valence-corrected chi connectivity index (χ4v) is 1.27. The highest BCUT2D eigenvalue weighted by molar-refractivity contribution is 5.78. The highest BCUT2D eigenvalue weighted by Crippen LogP contribution is 2.12. The van der Waals surface area contributed by atoms with Crippen molar-refractivity contribution in [2.75, 3.05) is 20.7 Å². The third-order valence-electron chi connectivity index (χ3n) is 2.24. The Morgan fingerprint density at radius 3 is 2.24 bits per heavy atom. The zero-order valence-electron chi connectivity index (χ0n) is 10.4. The van der Waals surface area contributed by atoms with Gasteiger partial charge in [0.2, 0.25) is 0 Å². The summed E-state index contributed by atoms with van der Waals surface area (Å²) in [4.78, 5) is 23.7. The highest BCUT2D eigenvalue weighted by atomic mass is 16.5. The number of benzene rings is 1. The van der Waals surface area contributed by atoms with Gasteiger partial charge >= 0.3 is 0 Å². The van der Waals surface area contributed by atoms with E-state index in [0.29, 0.717) is 12.2 Å². The minimum absolute atomic E-state index is 0.0268. The van der Waals surface area contributed by atoms with E-state index in [9.17, 15) is 9.59 Å². The molecular weight excluding hydrogens is 218 g/mol. The van der Waals surface area contributed by atoms with Crippen LogP contribution in [0.3, 0.4) is 0 Å². The molecule has 17 heavy (non-hydrogen) atoms. The fraction of sp³-hybridized carbons (Fsp3) is 0.385. The van der Waals surface area contributed by atoms with Gasteiger partial charge in [-0.25, -0.2) is 0 Å². The van der Waals surface area contributed by atoms with Crippen molar-refractivity contribution in [3.63, 3.8) is 0 Å². The lowest BCUT2D eigenvalue weighted by Crippen LogP contribution is -2.27. The van der Waals surface area contributed by atoms with E-state index in [1.165, 1.54) is 4.90 Å². The Morgan fingerprint density at radius 1 is 1.18 bits per heavy atom. The number of rotatable bonds is 5. The van der Waals surface area contributed by atoms with Crippen molar-refractivity contribution in [2.24, 2.45) is 0 Å². The molecule has 0 aliphatic heterocycles. The van der Waals surface area contributed by atoms with E-state index in [1.54, 1.807) is 33.2 Å². The van der Waals surface area contributed by atoms with Gasteiger partial charge in [-0.15, -0.1) is 0 Å². The van der Waals surface area contributed by atoms with Gasteiger partial charge in [0, 0.05) is 20.5 Å². The second-order valence-corrected chi connectivity index (χ2v) is 4.10. The van der Waals surface area contributed by atoms with E-state index < -0.39 is 0 Å². The highest BCUT2D eigenvalue weighted by Gasteiger charge is 2.05. The molecule has 0 radical (unpaired) electrons. The maximum Gasteiger partial charge on any atom is 0.259 e. The molecule has 0 atom stereocenters. The van der Waals surface area contributed by atoms with Crippen LogP contribution in [-0.2, 0) is 16.0 Å². The molecule has 4 nitrogen and oxygen atoms in total. The minimum atomic E-state index is -0.0854. The molecule has 0 saturated carbocycles. The van der Waals surface area contributed by atoms with E-state index >= 15 is 0 Å². The number of ketones is 1. The first-order chi connectivity index (χ1) is 7.99. The number of Topliss-reactive ketones (excluding diaryl/α,β-unsaturated/α-hetero) is 1. The lowest BCUT2D eigenvalue weighted by atomic mass is 10.1. The van der Waals surface area contributed by atoms with Crippen molar-refractivity contribution in [1.82, 2.24) is 4.90 Å². The predicted octanol–water partition coefficient (Wildman–Crippen LogP) is 1.29. The molecule has 0 aliphatic rings. The van der Waals surface area contributed by atoms with Crippen LogP contribution < -0.4 is 4.74 Å². The van der Waals surface area contributed by atoms with E-state index in [-0.39, 0.29) is 18.3 Å². The number of likely N-dealkylation sites (N-methyl/N-ethyl adjacent to an activating group) is 1. The monoisotopic (exact) mass is 235 g/mol. The molecular formula is C13H17NO3. The number of ether oxygens (including phenoxy) is 1. The van der Waals surface area contributed by atoms with Gasteiger partial charge in [-0.2, -0.15) is 0 Å². The molecule has 0 unspecified atom stereocenters. The first-order valence-corrected chi connectivity index (χ1v) is 5.40. The zero-order valence-corrected chi connectivity index (χ0v) is 10.4. The van der Waals surface area contributed by atoms with E-state index in [1.807, 2.05) is 12.1 Å². The normalized spacial score (nSPS) is 9.82. The fourth-order valence-electron chi connectivity index (χ4n) is 1.27. The maximum absolute atomic E-state index is 11.3. The summed E-state index contributed by atoms with van der Waals surface area (Å²) >= 11 is 0. The largest absolute Gasteiger partial charge is 0.484 e. The molecule has 1 aromatic rings. The van der Waals surface area contributed by atoms with Crippen LogP contribution in [0.1, 0.15) is 12.5 Å². The summed E-state index contributed by atoms with van der Waals surface area (Å²) in [7, 11) is 3.36. The van der Waals surface area contributed by atoms with Gasteiger partial charge in [-0.3, -0.25) is 9.59 Å². The van der Waals surface area contributed by atoms with E-state index in [2.05, 4.69) is 0 Å². The predicted molar refractivity (Wildman–Crippen MR) is 65.0 cm³/mol. The lowest BCUT2D eigenvalue weighted by Gasteiger charge is -2.11. The summed E-state index contributed by atoms with van der Waals surface area (Å²) in [6.07, 6.45) is 0.427. The molecule has 1 rings (SSSR count). The molecule has 0 N–H and O–H groups in total. The van der Waals surface area contributed by atoms with Crippen LogP contribution >= 0.6 is 0 Å². The third kappa shape index (κ3) is 4.68. The van der Waals surface area contributed by atoms with Gasteiger partial charge < -0.3 is 9.64 Å². The van der Waals surface area contributed by atoms with Crippen molar-refractivity contribution in [3.8, 4) is 5.75 Å². The molecule has 0 bridgehead atoms. The summed E-state index contributed by atoms with van der Waals surface area (Å²) in [5.41, 5.74) is 0.948. The van der Waals surface area contributed by atoms with Crippen LogP contribution in [0.25, 0.3) is 0 Å². The van der Waals surface area contributed by atoms with Gasteiger partial charge in [0.15, 0.2) is 6.61 Å². The minimum Gasteiger partial charge on any atom is -0.484 e. The van der Waals surface area contributed by atoms with E-state index in [0.717, 1.165) is 5.56 Å². The molecule has 0 spiro atoms. The van der Waals surface area contributed by atoms with Gasteiger partial charge in [0.05, 0.1) is 0 Å². The van der Waals surface area contributed by atoms with Crippen molar-refractivity contribution in [2.45, 2.75) is 13.3 Å². The van der Waals surface area contributed by atoms with Crippen LogP contribution in [-0.4, -0.2) is 37.3 Å². The molecule has 0 aromatic heterocycles. The van der Waals surface area contributed by atoms with Crippen LogP contribution in [0.15, 0.2) is 24.3 Å². The third-order valence-corrected chi connectivity index (χ3v) is 2.24. The standard InChI is InChI=1S/C13H17NO3/c1-10(15)8-11-4-6-12(7-5-11)17-9-13(16)14(2)3/h4-7H,8-9H2,1-3H3. The number of nitrogens with zero attached hydrogens (tertiary/aromatic N) is 1. The number of carbonyl (C=O) groups excluding carboxylic acids is 2. The van der Waals surface area contributed by atoms with Gasteiger partial charge in [-0.1, -0.05) is 12.1 Å². The van der Waals surface area contributed by atoms with Crippen LogP contribution in [0, 0.1) is 0 Å². The second-order valence-electron chi connectivity index (χ2n) is 4.10. The molecule has 0 aliphatic carbocycles. The Bertz CT molecular complexity index is 396. The lowest BCUT2D eigenvalue weighted by molar-refractivity contribution is -0.130. The Labute approximate surface area is 101 Å². The van der Waals surface area contributed by atoms with Gasteiger partial charge in [0.1, 0.15) is 11.5 Å². The number of amides is 1. The summed E-state index contributed by atoms with van der Waals surface area (Å²) in [6.45, 7) is 1.58. The van der Waals surface area contributed by atoms with E-state index in [4.69, 9.17) is 4.74 Å². The average Bonchev–Trinajstić information content (AvgIpc) is 2.26. The number of hydrogen-bond acceptors (Lipinski definition) is 3. The maximum atomic E-state index is 11.3. The molecule has 1 aromatic carbocycles. The van der Waals surface area contributed by atoms with Crippen molar-refractivity contribution in [1.29, 1.82) is 0 Å². The Balaban J connectivity index is 2.51. The van der Waals surface area contributed by atoms with Gasteiger partial charge in [0.25, 0.3) is 5.91 Å². The Kier molecular flexibility index (Phi) is 4.69. The molecule has 0 heterocycles. The van der Waals surface area contributed by atoms with Crippen molar-refractivity contribution < 1.29 is 14.3 Å². The summed E-state index contributed by atoms with van der Waals surface area (Å²) in [6, 6.07) is 7.19.